The highest BCUT2D eigenvalue weighted by atomic mass is 16.1. The summed E-state index contributed by atoms with van der Waals surface area (Å²) in [6.07, 6.45) is 7.32. The maximum atomic E-state index is 12.3. The van der Waals surface area contributed by atoms with Crippen molar-refractivity contribution in [1.82, 2.24) is 5.32 Å². The Kier molecular flexibility index (Phi) is 3.72. The van der Waals surface area contributed by atoms with E-state index in [4.69, 9.17) is 0 Å². The standard InChI is InChI=1S/C16H22N2O/c19-16(18-11-9-12-4-1-5-12)14-6-2-8-15-13(14)7-3-10-17-15/h2,6,8,12,17H,1,3-5,7,9-11H2,(H,18,19). The van der Waals surface area contributed by atoms with Gasteiger partial charge in [-0.1, -0.05) is 25.3 Å². The number of amides is 1. The van der Waals surface area contributed by atoms with E-state index >= 15 is 0 Å². The van der Waals surface area contributed by atoms with E-state index in [-0.39, 0.29) is 5.91 Å². The zero-order valence-electron chi connectivity index (χ0n) is 11.4. The number of hydrogen-bond donors (Lipinski definition) is 2. The molecule has 1 aliphatic heterocycles. The third kappa shape index (κ3) is 2.75. The van der Waals surface area contributed by atoms with Crippen LogP contribution in [0.1, 0.15) is 48.0 Å². The van der Waals surface area contributed by atoms with E-state index in [1.54, 1.807) is 0 Å². The highest BCUT2D eigenvalue weighted by Crippen LogP contribution is 2.29. The zero-order chi connectivity index (χ0) is 13.1. The zero-order valence-corrected chi connectivity index (χ0v) is 11.4. The number of rotatable bonds is 4. The lowest BCUT2D eigenvalue weighted by Crippen LogP contribution is -2.29. The summed E-state index contributed by atoms with van der Waals surface area (Å²) in [5.74, 6) is 0.950. The molecule has 0 radical (unpaired) electrons. The number of anilines is 1. The maximum Gasteiger partial charge on any atom is 0.251 e. The first-order valence-electron chi connectivity index (χ1n) is 7.48. The molecule has 1 aliphatic carbocycles. The van der Waals surface area contributed by atoms with Crippen molar-refractivity contribution in [2.45, 2.75) is 38.5 Å². The highest BCUT2D eigenvalue weighted by molar-refractivity contribution is 5.97. The Labute approximate surface area is 114 Å². The molecule has 2 aliphatic rings. The van der Waals surface area contributed by atoms with Crippen molar-refractivity contribution in [1.29, 1.82) is 0 Å². The van der Waals surface area contributed by atoms with Crippen molar-refractivity contribution in [2.24, 2.45) is 5.92 Å². The van der Waals surface area contributed by atoms with E-state index in [1.165, 1.54) is 24.8 Å². The van der Waals surface area contributed by atoms with Crippen molar-refractivity contribution in [3.8, 4) is 0 Å². The third-order valence-corrected chi connectivity index (χ3v) is 4.40. The predicted molar refractivity (Wildman–Crippen MR) is 77.5 cm³/mol. The van der Waals surface area contributed by atoms with Crippen molar-refractivity contribution in [3.63, 3.8) is 0 Å². The Morgan fingerprint density at radius 2 is 2.21 bits per heavy atom. The molecule has 0 atom stereocenters. The molecule has 102 valence electrons. The van der Waals surface area contributed by atoms with Gasteiger partial charge in [-0.15, -0.1) is 0 Å². The second-order valence-electron chi connectivity index (χ2n) is 5.70. The Morgan fingerprint density at radius 1 is 1.32 bits per heavy atom. The monoisotopic (exact) mass is 258 g/mol. The van der Waals surface area contributed by atoms with E-state index in [9.17, 15) is 4.79 Å². The van der Waals surface area contributed by atoms with Gasteiger partial charge >= 0.3 is 0 Å². The molecule has 3 heteroatoms. The second kappa shape index (κ2) is 5.64. The van der Waals surface area contributed by atoms with Crippen LogP contribution < -0.4 is 10.6 Å². The van der Waals surface area contributed by atoms with E-state index in [0.29, 0.717) is 0 Å². The number of hydrogen-bond acceptors (Lipinski definition) is 2. The summed E-state index contributed by atoms with van der Waals surface area (Å²) in [6.45, 7) is 1.83. The van der Waals surface area contributed by atoms with Crippen LogP contribution in [0.4, 0.5) is 5.69 Å². The van der Waals surface area contributed by atoms with Gasteiger partial charge in [-0.25, -0.2) is 0 Å². The van der Waals surface area contributed by atoms with Gasteiger partial charge in [0, 0.05) is 24.3 Å². The average Bonchev–Trinajstić information content (AvgIpc) is 2.40. The van der Waals surface area contributed by atoms with Gasteiger partial charge in [0.15, 0.2) is 0 Å². The molecule has 0 saturated heterocycles. The van der Waals surface area contributed by atoms with Gasteiger partial charge in [0.05, 0.1) is 0 Å². The molecule has 3 rings (SSSR count). The Hall–Kier alpha value is -1.51. The van der Waals surface area contributed by atoms with Gasteiger partial charge < -0.3 is 10.6 Å². The smallest absolute Gasteiger partial charge is 0.251 e. The molecule has 2 N–H and O–H groups in total. The quantitative estimate of drug-likeness (QED) is 0.871. The Morgan fingerprint density at radius 3 is 3.00 bits per heavy atom. The summed E-state index contributed by atoms with van der Waals surface area (Å²) >= 11 is 0. The van der Waals surface area contributed by atoms with Gasteiger partial charge in [-0.2, -0.15) is 0 Å². The minimum atomic E-state index is 0.0971. The summed E-state index contributed by atoms with van der Waals surface area (Å²) in [5, 5.41) is 6.45. The van der Waals surface area contributed by atoms with Crippen LogP contribution in [0.25, 0.3) is 0 Å². The fourth-order valence-corrected chi connectivity index (χ4v) is 2.99. The largest absolute Gasteiger partial charge is 0.385 e. The molecule has 0 unspecified atom stereocenters. The van der Waals surface area contributed by atoms with Gasteiger partial charge in [0.25, 0.3) is 5.91 Å². The number of benzene rings is 1. The van der Waals surface area contributed by atoms with Crippen molar-refractivity contribution in [3.05, 3.63) is 29.3 Å². The average molecular weight is 258 g/mol. The molecule has 3 nitrogen and oxygen atoms in total. The minimum absolute atomic E-state index is 0.0971. The van der Waals surface area contributed by atoms with Crippen LogP contribution in [-0.2, 0) is 6.42 Å². The van der Waals surface area contributed by atoms with Crippen LogP contribution >= 0.6 is 0 Å². The predicted octanol–water partition coefficient (Wildman–Crippen LogP) is 2.96. The van der Waals surface area contributed by atoms with Gasteiger partial charge in [0.1, 0.15) is 0 Å². The topological polar surface area (TPSA) is 41.1 Å². The fourth-order valence-electron chi connectivity index (χ4n) is 2.99. The van der Waals surface area contributed by atoms with E-state index in [1.807, 2.05) is 12.1 Å². The number of carbonyl (C=O) groups is 1. The summed E-state index contributed by atoms with van der Waals surface area (Å²) in [4.78, 5) is 12.3. The van der Waals surface area contributed by atoms with Gasteiger partial charge in [0.2, 0.25) is 0 Å². The minimum Gasteiger partial charge on any atom is -0.385 e. The summed E-state index contributed by atoms with van der Waals surface area (Å²) < 4.78 is 0. The molecular weight excluding hydrogens is 236 g/mol. The van der Waals surface area contributed by atoms with E-state index in [2.05, 4.69) is 16.7 Å². The van der Waals surface area contributed by atoms with E-state index in [0.717, 1.165) is 49.5 Å². The van der Waals surface area contributed by atoms with Crippen molar-refractivity contribution >= 4 is 11.6 Å². The molecule has 1 amide bonds. The van der Waals surface area contributed by atoms with Crippen molar-refractivity contribution in [2.75, 3.05) is 18.4 Å². The lowest BCUT2D eigenvalue weighted by Gasteiger charge is -2.25. The molecule has 1 saturated carbocycles. The summed E-state index contributed by atoms with van der Waals surface area (Å²) in [7, 11) is 0. The van der Waals surface area contributed by atoms with Gasteiger partial charge in [-0.05, 0) is 42.9 Å². The molecule has 19 heavy (non-hydrogen) atoms. The van der Waals surface area contributed by atoms with Crippen LogP contribution in [0.15, 0.2) is 18.2 Å². The normalized spacial score (nSPS) is 18.1. The van der Waals surface area contributed by atoms with Crippen molar-refractivity contribution < 1.29 is 4.79 Å². The molecule has 0 bridgehead atoms. The number of nitrogens with one attached hydrogen (secondary N) is 2. The summed E-state index contributed by atoms with van der Waals surface area (Å²) in [5.41, 5.74) is 3.19. The molecule has 0 aromatic heterocycles. The molecule has 1 fully saturated rings. The first kappa shape index (κ1) is 12.5. The first-order chi connectivity index (χ1) is 9.34. The first-order valence-corrected chi connectivity index (χ1v) is 7.48. The Balaban J connectivity index is 1.62. The van der Waals surface area contributed by atoms with Crippen LogP contribution in [-0.4, -0.2) is 19.0 Å². The van der Waals surface area contributed by atoms with Crippen LogP contribution in [0.3, 0.4) is 0 Å². The summed E-state index contributed by atoms with van der Waals surface area (Å²) in [6, 6.07) is 5.99. The molecule has 1 aromatic carbocycles. The maximum absolute atomic E-state index is 12.3. The lowest BCUT2D eigenvalue weighted by molar-refractivity contribution is 0.0948. The molecule has 0 spiro atoms. The van der Waals surface area contributed by atoms with Crippen LogP contribution in [0.2, 0.25) is 0 Å². The Bertz CT molecular complexity index is 466. The lowest BCUT2D eigenvalue weighted by atomic mass is 9.83. The molecule has 1 heterocycles. The molecular formula is C16H22N2O. The molecule has 1 aromatic rings. The number of fused-ring (bicyclic) bond motifs is 1. The van der Waals surface area contributed by atoms with Crippen LogP contribution in [0.5, 0.6) is 0 Å². The number of carbonyl (C=O) groups excluding carboxylic acids is 1. The third-order valence-electron chi connectivity index (χ3n) is 4.40. The highest BCUT2D eigenvalue weighted by Gasteiger charge is 2.19. The second-order valence-corrected chi connectivity index (χ2v) is 5.70. The SMILES string of the molecule is O=C(NCCC1CCC1)c1cccc2c1CCCN2. The van der Waals surface area contributed by atoms with Crippen LogP contribution in [0, 0.1) is 5.92 Å². The van der Waals surface area contributed by atoms with Gasteiger partial charge in [-0.3, -0.25) is 4.79 Å². The van der Waals surface area contributed by atoms with E-state index < -0.39 is 0 Å². The fraction of sp³-hybridized carbons (Fsp3) is 0.562.